The average molecular weight is 518 g/mol. The van der Waals surface area contributed by atoms with Crippen molar-refractivity contribution in [2.75, 3.05) is 25.8 Å². The number of nitrogens with two attached hydrogens (primary N) is 1. The molecule has 0 aliphatic heterocycles. The van der Waals surface area contributed by atoms with Crippen LogP contribution in [-0.2, 0) is 24.7 Å². The van der Waals surface area contributed by atoms with Gasteiger partial charge in [-0.3, -0.25) is 10.1 Å². The van der Waals surface area contributed by atoms with E-state index in [1.807, 2.05) is 0 Å². The fourth-order valence-corrected chi connectivity index (χ4v) is 4.56. The Morgan fingerprint density at radius 2 is 1.62 bits per heavy atom. The summed E-state index contributed by atoms with van der Waals surface area (Å²) in [6.45, 7) is 1.23. The van der Waals surface area contributed by atoms with Crippen molar-refractivity contribution in [2.45, 2.75) is 23.1 Å². The highest BCUT2D eigenvalue weighted by atomic mass is 32.2. The number of benzene rings is 1. The highest BCUT2D eigenvalue weighted by molar-refractivity contribution is 7.91. The smallest absolute Gasteiger partial charge is 0.335 e. The van der Waals surface area contributed by atoms with Gasteiger partial charge in [0.2, 0.25) is 17.7 Å². The minimum Gasteiger partial charge on any atom is -0.481 e. The van der Waals surface area contributed by atoms with Crippen molar-refractivity contribution in [3.05, 3.63) is 35.4 Å². The fraction of sp³-hybridized carbons (Fsp3) is 0.333. The summed E-state index contributed by atoms with van der Waals surface area (Å²) >= 11 is 0. The molecule has 5 N–H and O–H groups in total. The lowest BCUT2D eigenvalue weighted by Crippen LogP contribution is -2.36. The number of amides is 2. The number of carbonyl (C=O) groups excluding carboxylic acids is 1. The molecule has 2 atom stereocenters. The lowest BCUT2D eigenvalue weighted by Gasteiger charge is -2.18. The van der Waals surface area contributed by atoms with Gasteiger partial charge in [0.1, 0.15) is 5.37 Å². The van der Waals surface area contributed by atoms with Gasteiger partial charge in [-0.25, -0.2) is 26.4 Å². The van der Waals surface area contributed by atoms with E-state index in [9.17, 15) is 31.5 Å². The number of sulfone groups is 1. The molecule has 34 heavy (non-hydrogen) atoms. The van der Waals surface area contributed by atoms with Gasteiger partial charge in [0.05, 0.1) is 31.1 Å². The van der Waals surface area contributed by atoms with Gasteiger partial charge in [0.25, 0.3) is 10.0 Å². The Morgan fingerprint density at radius 1 is 1.06 bits per heavy atom. The Morgan fingerprint density at radius 3 is 2.09 bits per heavy atom. The molecule has 14 nitrogen and oxygen atoms in total. The molecule has 2 unspecified atom stereocenters. The molecule has 2 aromatic rings. The lowest BCUT2D eigenvalue weighted by atomic mass is 10.00. The number of sulfonamides is 1. The van der Waals surface area contributed by atoms with Crippen LogP contribution in [0.2, 0.25) is 0 Å². The summed E-state index contributed by atoms with van der Waals surface area (Å²) in [4.78, 5) is 30.9. The normalized spacial score (nSPS) is 13.4. The summed E-state index contributed by atoms with van der Waals surface area (Å²) < 4.78 is 61.2. The SMILES string of the molecule is COc1cc(OC)nc(NC(=O)NS(=O)(=O)c2cc(C(N)S(C)(=O)=O)ccc2C(C)C(=O)O)n1. The van der Waals surface area contributed by atoms with Gasteiger partial charge in [-0.15, -0.1) is 0 Å². The van der Waals surface area contributed by atoms with E-state index in [4.69, 9.17) is 15.2 Å². The lowest BCUT2D eigenvalue weighted by molar-refractivity contribution is -0.138. The molecule has 2 rings (SSSR count). The van der Waals surface area contributed by atoms with E-state index >= 15 is 0 Å². The topological polar surface area (TPSA) is 217 Å². The predicted octanol–water partition coefficient (Wildman–Crippen LogP) is 0.194. The molecule has 2 amide bonds. The first-order valence-corrected chi connectivity index (χ1v) is 12.7. The Balaban J connectivity index is 2.47. The quantitative estimate of drug-likeness (QED) is 0.350. The zero-order valence-corrected chi connectivity index (χ0v) is 20.1. The van der Waals surface area contributed by atoms with E-state index in [0.717, 1.165) is 18.4 Å². The molecule has 1 aromatic heterocycles. The van der Waals surface area contributed by atoms with Crippen molar-refractivity contribution in [2.24, 2.45) is 5.73 Å². The summed E-state index contributed by atoms with van der Waals surface area (Å²) in [5.41, 5.74) is 5.37. The summed E-state index contributed by atoms with van der Waals surface area (Å²) in [5, 5.41) is 9.87. The van der Waals surface area contributed by atoms with Gasteiger partial charge in [0, 0.05) is 6.26 Å². The number of carboxylic acids is 1. The first-order chi connectivity index (χ1) is 15.7. The molecule has 16 heteroatoms. The van der Waals surface area contributed by atoms with Crippen LogP contribution in [0.15, 0.2) is 29.2 Å². The molecule has 0 spiro atoms. The third-order valence-electron chi connectivity index (χ3n) is 4.50. The number of hydrogen-bond acceptors (Lipinski definition) is 11. The number of nitrogens with one attached hydrogen (secondary N) is 2. The summed E-state index contributed by atoms with van der Waals surface area (Å²) in [6.07, 6.45) is 0.855. The van der Waals surface area contributed by atoms with E-state index in [1.165, 1.54) is 33.3 Å². The van der Waals surface area contributed by atoms with Crippen LogP contribution >= 0.6 is 0 Å². The van der Waals surface area contributed by atoms with E-state index in [1.54, 1.807) is 4.72 Å². The number of ether oxygens (including phenoxy) is 2. The van der Waals surface area contributed by atoms with Gasteiger partial charge in [0.15, 0.2) is 9.84 Å². The monoisotopic (exact) mass is 517 g/mol. The number of rotatable bonds is 9. The van der Waals surface area contributed by atoms with Gasteiger partial charge in [-0.1, -0.05) is 12.1 Å². The van der Waals surface area contributed by atoms with Crippen molar-refractivity contribution in [1.82, 2.24) is 14.7 Å². The summed E-state index contributed by atoms with van der Waals surface area (Å²) in [7, 11) is -5.93. The van der Waals surface area contributed by atoms with Gasteiger partial charge >= 0.3 is 12.0 Å². The highest BCUT2D eigenvalue weighted by Crippen LogP contribution is 2.28. The third-order valence-corrected chi connectivity index (χ3v) is 7.09. The molecule has 1 heterocycles. The van der Waals surface area contributed by atoms with Crippen LogP contribution in [-0.4, -0.2) is 64.4 Å². The van der Waals surface area contributed by atoms with Crippen LogP contribution in [0.1, 0.15) is 29.3 Å². The zero-order chi connectivity index (χ0) is 25.8. The average Bonchev–Trinajstić information content (AvgIpc) is 2.76. The van der Waals surface area contributed by atoms with Crippen LogP contribution in [0.25, 0.3) is 0 Å². The molecule has 0 fully saturated rings. The molecular weight excluding hydrogens is 494 g/mol. The van der Waals surface area contributed by atoms with Crippen molar-refractivity contribution >= 4 is 37.8 Å². The van der Waals surface area contributed by atoms with Crippen LogP contribution in [0.5, 0.6) is 11.8 Å². The Labute approximate surface area is 195 Å². The number of aromatic nitrogens is 2. The largest absolute Gasteiger partial charge is 0.481 e. The maximum atomic E-state index is 13.0. The fourth-order valence-electron chi connectivity index (χ4n) is 2.67. The number of methoxy groups -OCH3 is 2. The molecule has 1 aromatic carbocycles. The Hall–Kier alpha value is -3.50. The van der Waals surface area contributed by atoms with Gasteiger partial charge in [-0.2, -0.15) is 9.97 Å². The van der Waals surface area contributed by atoms with Crippen molar-refractivity contribution < 1.29 is 41.0 Å². The van der Waals surface area contributed by atoms with Crippen LogP contribution in [0.4, 0.5) is 10.7 Å². The summed E-state index contributed by atoms with van der Waals surface area (Å²) in [5.74, 6) is -2.98. The summed E-state index contributed by atoms with van der Waals surface area (Å²) in [6, 6.07) is 3.26. The third kappa shape index (κ3) is 6.30. The molecule has 186 valence electrons. The van der Waals surface area contributed by atoms with Gasteiger partial charge in [-0.05, 0) is 24.1 Å². The zero-order valence-electron chi connectivity index (χ0n) is 18.5. The maximum Gasteiger partial charge on any atom is 0.335 e. The number of nitrogens with zero attached hydrogens (tertiary/aromatic N) is 2. The molecule has 0 saturated heterocycles. The second kappa shape index (κ2) is 10.2. The van der Waals surface area contributed by atoms with Crippen LogP contribution in [0, 0.1) is 0 Å². The number of anilines is 1. The van der Waals surface area contributed by atoms with E-state index in [2.05, 4.69) is 15.3 Å². The Bertz CT molecular complexity index is 1290. The number of hydrogen-bond donors (Lipinski definition) is 4. The Kier molecular flexibility index (Phi) is 8.01. The van der Waals surface area contributed by atoms with E-state index < -0.39 is 48.0 Å². The van der Waals surface area contributed by atoms with E-state index in [0.29, 0.717) is 0 Å². The molecule has 0 bridgehead atoms. The second-order valence-corrected chi connectivity index (χ2v) is 10.8. The maximum absolute atomic E-state index is 13.0. The van der Waals surface area contributed by atoms with Crippen LogP contribution < -0.4 is 25.2 Å². The molecule has 0 aliphatic rings. The van der Waals surface area contributed by atoms with Crippen molar-refractivity contribution in [3.63, 3.8) is 0 Å². The molecular formula is C18H23N5O9S2. The molecule has 0 saturated carbocycles. The van der Waals surface area contributed by atoms with E-state index in [-0.39, 0.29) is 28.8 Å². The molecule has 0 aliphatic carbocycles. The minimum atomic E-state index is -4.72. The number of urea groups is 1. The van der Waals surface area contributed by atoms with Gasteiger partial charge < -0.3 is 20.3 Å². The van der Waals surface area contributed by atoms with Crippen LogP contribution in [0.3, 0.4) is 0 Å². The number of carboxylic acid groups (broad SMARTS) is 1. The number of aliphatic carboxylic acids is 1. The highest BCUT2D eigenvalue weighted by Gasteiger charge is 2.29. The number of carbonyl (C=O) groups is 2. The van der Waals surface area contributed by atoms with Crippen molar-refractivity contribution in [1.29, 1.82) is 0 Å². The standard InChI is InChI=1S/C18H23N5O9S2/c1-9(16(24)25)11-6-5-10(15(19)33(4,27)28)7-12(11)34(29,30)23-18(26)22-17-20-13(31-2)8-14(21-17)32-3/h5-9,15H,19H2,1-4H3,(H,24,25)(H2,20,21,22,23,26). The minimum absolute atomic E-state index is 0.0186. The second-order valence-electron chi connectivity index (χ2n) is 6.94. The first kappa shape index (κ1) is 26.7. The predicted molar refractivity (Wildman–Crippen MR) is 119 cm³/mol. The first-order valence-electron chi connectivity index (χ1n) is 9.31. The van der Waals surface area contributed by atoms with Crippen molar-refractivity contribution in [3.8, 4) is 11.8 Å². The molecule has 0 radical (unpaired) electrons.